The van der Waals surface area contributed by atoms with Crippen molar-refractivity contribution in [2.75, 3.05) is 6.61 Å². The first-order valence-electron chi connectivity index (χ1n) is 12.6. The summed E-state index contributed by atoms with van der Waals surface area (Å²) >= 11 is 0. The average molecular weight is 551 g/mol. The number of nitrogens with zero attached hydrogens (tertiary/aromatic N) is 7. The Balaban J connectivity index is 1.48. The average Bonchev–Trinajstić information content (AvgIpc) is 3.41. The molecule has 0 saturated carbocycles. The molecule has 0 fully saturated rings. The number of halogens is 3. The quantitative estimate of drug-likeness (QED) is 0.313. The Hall–Kier alpha value is -4.48. The van der Waals surface area contributed by atoms with Crippen LogP contribution in [0, 0.1) is 10.8 Å². The van der Waals surface area contributed by atoms with E-state index in [1.807, 2.05) is 18.2 Å². The van der Waals surface area contributed by atoms with E-state index >= 15 is 0 Å². The van der Waals surface area contributed by atoms with Gasteiger partial charge in [-0.05, 0) is 23.1 Å². The number of benzene rings is 1. The predicted molar refractivity (Wildman–Crippen MR) is 143 cm³/mol. The zero-order chi connectivity index (χ0) is 28.8. The number of aromatic nitrogens is 7. The summed E-state index contributed by atoms with van der Waals surface area (Å²) < 4.78 is 50.1. The van der Waals surface area contributed by atoms with E-state index in [9.17, 15) is 13.2 Å². The number of alkyl halides is 3. The lowest BCUT2D eigenvalue weighted by Crippen LogP contribution is -2.23. The van der Waals surface area contributed by atoms with Gasteiger partial charge in [-0.25, -0.2) is 19.9 Å². The van der Waals surface area contributed by atoms with Gasteiger partial charge in [-0.2, -0.15) is 13.2 Å². The fraction of sp³-hybridized carbons (Fsp3) is 0.321. The highest BCUT2D eigenvalue weighted by molar-refractivity contribution is 5.74. The first-order valence-corrected chi connectivity index (χ1v) is 12.6. The molecule has 0 aliphatic heterocycles. The summed E-state index contributed by atoms with van der Waals surface area (Å²) in [5.74, 6) is 1.08. The number of pyridine rings is 1. The maximum atomic E-state index is 13.1. The standard InChI is InChI=1S/C28H29F3N8O/c1-27(2,3)16-40-25-19(7-6-12-33-25)22-34-13-20-24(36-22)39(26(32)38(20)5)14-17-8-10-18(11-9-17)23-35-21(15-37(23)4)28(29,30)31/h6-13,15,32H,14,16H2,1-5H3. The van der Waals surface area contributed by atoms with Crippen LogP contribution in [0.4, 0.5) is 13.2 Å². The third-order valence-electron chi connectivity index (χ3n) is 6.31. The van der Waals surface area contributed by atoms with Crippen molar-refractivity contribution in [3.8, 4) is 28.7 Å². The van der Waals surface area contributed by atoms with Crippen LogP contribution in [0.1, 0.15) is 32.0 Å². The molecule has 5 rings (SSSR count). The van der Waals surface area contributed by atoms with E-state index in [0.717, 1.165) is 11.8 Å². The second kappa shape index (κ2) is 9.92. The Bertz CT molecular complexity index is 1740. The summed E-state index contributed by atoms with van der Waals surface area (Å²) in [6.45, 7) is 7.01. The lowest BCUT2D eigenvalue weighted by atomic mass is 9.99. The molecule has 0 saturated heterocycles. The van der Waals surface area contributed by atoms with Gasteiger partial charge >= 0.3 is 6.18 Å². The third-order valence-corrected chi connectivity index (χ3v) is 6.31. The molecule has 9 nitrogen and oxygen atoms in total. The first kappa shape index (κ1) is 27.1. The molecular weight excluding hydrogens is 521 g/mol. The highest BCUT2D eigenvalue weighted by Crippen LogP contribution is 2.31. The molecule has 0 unspecified atom stereocenters. The van der Waals surface area contributed by atoms with E-state index in [-0.39, 0.29) is 16.9 Å². The van der Waals surface area contributed by atoms with Crippen LogP contribution in [0.2, 0.25) is 0 Å². The molecule has 1 aromatic carbocycles. The highest BCUT2D eigenvalue weighted by atomic mass is 19.4. The zero-order valence-electron chi connectivity index (χ0n) is 22.8. The summed E-state index contributed by atoms with van der Waals surface area (Å²) in [5.41, 5.74) is 2.51. The van der Waals surface area contributed by atoms with Crippen molar-refractivity contribution in [3.63, 3.8) is 0 Å². The van der Waals surface area contributed by atoms with Crippen LogP contribution >= 0.6 is 0 Å². The molecule has 0 radical (unpaired) electrons. The highest BCUT2D eigenvalue weighted by Gasteiger charge is 2.34. The molecular formula is C28H29F3N8O. The minimum Gasteiger partial charge on any atom is -0.477 e. The largest absolute Gasteiger partial charge is 0.477 e. The zero-order valence-corrected chi connectivity index (χ0v) is 22.8. The molecule has 40 heavy (non-hydrogen) atoms. The molecule has 0 aliphatic rings. The molecule has 0 spiro atoms. The fourth-order valence-corrected chi connectivity index (χ4v) is 4.25. The number of imidazole rings is 2. The SMILES string of the molecule is Cn1cc(C(F)(F)F)nc1-c1ccc(Cn2c(=N)n(C)c3cnc(-c4cccnc4OCC(C)(C)C)nc32)cc1. The van der Waals surface area contributed by atoms with Crippen LogP contribution in [-0.2, 0) is 26.8 Å². The van der Waals surface area contributed by atoms with Crippen molar-refractivity contribution in [1.29, 1.82) is 5.41 Å². The first-order chi connectivity index (χ1) is 18.8. The van der Waals surface area contributed by atoms with Gasteiger partial charge in [0.2, 0.25) is 11.5 Å². The molecule has 0 atom stereocenters. The van der Waals surface area contributed by atoms with Crippen LogP contribution in [0.3, 0.4) is 0 Å². The van der Waals surface area contributed by atoms with Crippen LogP contribution in [0.15, 0.2) is 55.0 Å². The van der Waals surface area contributed by atoms with E-state index in [4.69, 9.17) is 15.1 Å². The maximum absolute atomic E-state index is 13.1. The van der Waals surface area contributed by atoms with E-state index < -0.39 is 11.9 Å². The minimum atomic E-state index is -4.51. The number of hydrogen-bond donors (Lipinski definition) is 1. The number of fused-ring (bicyclic) bond motifs is 1. The molecule has 1 N–H and O–H groups in total. The Morgan fingerprint density at radius 1 is 0.975 bits per heavy atom. The maximum Gasteiger partial charge on any atom is 0.434 e. The predicted octanol–water partition coefficient (Wildman–Crippen LogP) is 5.20. The summed E-state index contributed by atoms with van der Waals surface area (Å²) in [7, 11) is 3.30. The second-order valence-corrected chi connectivity index (χ2v) is 10.8. The monoisotopic (exact) mass is 550 g/mol. The molecule has 4 heterocycles. The van der Waals surface area contributed by atoms with Gasteiger partial charge in [0.15, 0.2) is 17.2 Å². The summed E-state index contributed by atoms with van der Waals surface area (Å²) in [6, 6.07) is 10.7. The van der Waals surface area contributed by atoms with Gasteiger partial charge in [0.1, 0.15) is 11.3 Å². The van der Waals surface area contributed by atoms with Crippen LogP contribution in [0.5, 0.6) is 5.88 Å². The van der Waals surface area contributed by atoms with Crippen LogP contribution in [0.25, 0.3) is 33.9 Å². The van der Waals surface area contributed by atoms with E-state index in [1.165, 1.54) is 11.6 Å². The number of rotatable bonds is 6. The van der Waals surface area contributed by atoms with Crippen molar-refractivity contribution >= 4 is 11.2 Å². The summed E-state index contributed by atoms with van der Waals surface area (Å²) in [6.07, 6.45) is -0.208. The normalized spacial score (nSPS) is 12.3. The van der Waals surface area contributed by atoms with Crippen molar-refractivity contribution in [1.82, 2.24) is 33.6 Å². The van der Waals surface area contributed by atoms with Crippen molar-refractivity contribution in [2.24, 2.45) is 19.5 Å². The van der Waals surface area contributed by atoms with Gasteiger partial charge in [-0.3, -0.25) is 9.98 Å². The Morgan fingerprint density at radius 2 is 1.70 bits per heavy atom. The van der Waals surface area contributed by atoms with Gasteiger partial charge in [0.25, 0.3) is 0 Å². The van der Waals surface area contributed by atoms with Crippen LogP contribution < -0.4 is 10.4 Å². The number of hydrogen-bond acceptors (Lipinski definition) is 6. The molecule has 5 aromatic rings. The molecule has 0 bridgehead atoms. The Kier molecular flexibility index (Phi) is 6.72. The van der Waals surface area contributed by atoms with Crippen molar-refractivity contribution < 1.29 is 17.9 Å². The number of aryl methyl sites for hydroxylation is 2. The summed E-state index contributed by atoms with van der Waals surface area (Å²) in [5, 5.41) is 8.69. The molecule has 0 aliphatic carbocycles. The lowest BCUT2D eigenvalue weighted by Gasteiger charge is -2.19. The lowest BCUT2D eigenvalue weighted by molar-refractivity contribution is -0.140. The molecule has 12 heteroatoms. The minimum absolute atomic E-state index is 0.0609. The van der Waals surface area contributed by atoms with Crippen molar-refractivity contribution in [3.05, 3.63) is 71.9 Å². The fourth-order valence-electron chi connectivity index (χ4n) is 4.25. The molecule has 4 aromatic heterocycles. The smallest absolute Gasteiger partial charge is 0.434 e. The van der Waals surface area contributed by atoms with E-state index in [1.54, 1.807) is 46.8 Å². The van der Waals surface area contributed by atoms with Crippen molar-refractivity contribution in [2.45, 2.75) is 33.5 Å². The van der Waals surface area contributed by atoms with E-state index in [2.05, 4.69) is 35.7 Å². The van der Waals surface area contributed by atoms with Gasteiger partial charge in [-0.15, -0.1) is 0 Å². The molecule has 208 valence electrons. The van der Waals surface area contributed by atoms with E-state index in [0.29, 0.717) is 47.1 Å². The third kappa shape index (κ3) is 5.33. The molecule has 0 amide bonds. The van der Waals surface area contributed by atoms with Gasteiger partial charge in [-0.1, -0.05) is 45.0 Å². The number of ether oxygens (including phenoxy) is 1. The topological polar surface area (TPSA) is 99.4 Å². The Labute approximate surface area is 228 Å². The van der Waals surface area contributed by atoms with Gasteiger partial charge < -0.3 is 13.9 Å². The number of nitrogens with one attached hydrogen (secondary N) is 1. The van der Waals surface area contributed by atoms with Gasteiger partial charge in [0, 0.05) is 32.1 Å². The van der Waals surface area contributed by atoms with Gasteiger partial charge in [0.05, 0.1) is 24.9 Å². The summed E-state index contributed by atoms with van der Waals surface area (Å²) in [4.78, 5) is 17.5. The Morgan fingerprint density at radius 3 is 2.35 bits per heavy atom. The second-order valence-electron chi connectivity index (χ2n) is 10.8. The van der Waals surface area contributed by atoms with Crippen LogP contribution in [-0.4, -0.2) is 40.2 Å².